The number of aromatic nitrogens is 1. The van der Waals surface area contributed by atoms with Crippen molar-refractivity contribution in [3.05, 3.63) is 23.4 Å². The summed E-state index contributed by atoms with van der Waals surface area (Å²) in [4.78, 5) is 16.4. The van der Waals surface area contributed by atoms with Crippen molar-refractivity contribution < 1.29 is 27.4 Å². The van der Waals surface area contributed by atoms with Crippen LogP contribution in [0.15, 0.2) is 12.3 Å². The summed E-state index contributed by atoms with van der Waals surface area (Å²) in [5.41, 5.74) is -1.05. The highest BCUT2D eigenvalue weighted by Gasteiger charge is 2.38. The molecule has 3 rings (SSSR count). The third-order valence-corrected chi connectivity index (χ3v) is 4.26. The normalized spacial score (nSPS) is 27.6. The number of alkyl halides is 3. The molecule has 3 heterocycles. The van der Waals surface area contributed by atoms with Crippen molar-refractivity contribution in [1.29, 1.82) is 0 Å². The van der Waals surface area contributed by atoms with E-state index in [1.54, 1.807) is 0 Å². The second kappa shape index (κ2) is 6.09. The molecule has 0 amide bonds. The summed E-state index contributed by atoms with van der Waals surface area (Å²) >= 11 is 0. The average molecular weight is 330 g/mol. The molecule has 1 aromatic rings. The van der Waals surface area contributed by atoms with Crippen molar-refractivity contribution in [3.63, 3.8) is 0 Å². The number of ketones is 1. The molecule has 0 saturated carbocycles. The molecule has 126 valence electrons. The highest BCUT2D eigenvalue weighted by molar-refractivity contribution is 6.00. The fraction of sp³-hybridized carbons (Fsp3) is 0.600. The largest absolute Gasteiger partial charge is 0.480 e. The Hall–Kier alpha value is -1.67. The van der Waals surface area contributed by atoms with E-state index in [2.05, 4.69) is 10.3 Å². The molecule has 2 atom stereocenters. The lowest BCUT2D eigenvalue weighted by atomic mass is 9.82. The van der Waals surface area contributed by atoms with E-state index in [0.717, 1.165) is 6.07 Å². The Morgan fingerprint density at radius 2 is 2.00 bits per heavy atom. The van der Waals surface area contributed by atoms with E-state index >= 15 is 0 Å². The first-order chi connectivity index (χ1) is 10.9. The van der Waals surface area contributed by atoms with Crippen LogP contribution in [0.4, 0.5) is 13.2 Å². The average Bonchev–Trinajstić information content (AvgIpc) is 2.52. The van der Waals surface area contributed by atoms with Crippen LogP contribution in [-0.2, 0) is 10.9 Å². The third-order valence-electron chi connectivity index (χ3n) is 4.26. The van der Waals surface area contributed by atoms with E-state index in [0.29, 0.717) is 32.3 Å². The van der Waals surface area contributed by atoms with Gasteiger partial charge in [-0.1, -0.05) is 0 Å². The number of Topliss-reactive ketones (excluding diaryl/α,β-unsaturated/α-hetero) is 1. The van der Waals surface area contributed by atoms with Crippen LogP contribution in [0.25, 0.3) is 0 Å². The summed E-state index contributed by atoms with van der Waals surface area (Å²) in [7, 11) is 1.29. The van der Waals surface area contributed by atoms with Crippen molar-refractivity contribution in [1.82, 2.24) is 10.3 Å². The van der Waals surface area contributed by atoms with Crippen LogP contribution in [0, 0.1) is 5.92 Å². The van der Waals surface area contributed by atoms with Gasteiger partial charge in [-0.15, -0.1) is 0 Å². The zero-order valence-corrected chi connectivity index (χ0v) is 12.5. The molecule has 2 aliphatic heterocycles. The van der Waals surface area contributed by atoms with E-state index in [-0.39, 0.29) is 35.2 Å². The molecule has 2 bridgehead atoms. The van der Waals surface area contributed by atoms with E-state index < -0.39 is 11.7 Å². The van der Waals surface area contributed by atoms with E-state index in [1.165, 1.54) is 7.11 Å². The molecule has 2 fully saturated rings. The Labute approximate surface area is 131 Å². The summed E-state index contributed by atoms with van der Waals surface area (Å²) in [6, 6.07) is 0.949. The number of ether oxygens (including phenoxy) is 2. The fourth-order valence-corrected chi connectivity index (χ4v) is 3.22. The van der Waals surface area contributed by atoms with Gasteiger partial charge in [-0.05, 0) is 18.9 Å². The van der Waals surface area contributed by atoms with Crippen LogP contribution in [0.5, 0.6) is 5.88 Å². The van der Waals surface area contributed by atoms with Gasteiger partial charge in [0.25, 0.3) is 0 Å². The molecule has 5 nitrogen and oxygen atoms in total. The number of carbonyl (C=O) groups is 1. The first-order valence-electron chi connectivity index (χ1n) is 7.37. The van der Waals surface area contributed by atoms with Gasteiger partial charge in [0.05, 0.1) is 31.5 Å². The first kappa shape index (κ1) is 16.2. The van der Waals surface area contributed by atoms with Crippen LogP contribution >= 0.6 is 0 Å². The number of carbonyl (C=O) groups excluding carboxylic acids is 1. The number of nitrogens with zero attached hydrogens (tertiary/aromatic N) is 1. The topological polar surface area (TPSA) is 60.5 Å². The van der Waals surface area contributed by atoms with Gasteiger partial charge in [0.2, 0.25) is 5.88 Å². The minimum Gasteiger partial charge on any atom is -0.480 e. The SMILES string of the molecule is COc1ncc(C(F)(F)F)cc1C(=O)C1CC2COCC(C1)N2. The summed E-state index contributed by atoms with van der Waals surface area (Å²) in [6.45, 7) is 1.02. The molecule has 2 aliphatic rings. The van der Waals surface area contributed by atoms with Crippen molar-refractivity contribution in [2.24, 2.45) is 5.92 Å². The van der Waals surface area contributed by atoms with Crippen LogP contribution in [0.3, 0.4) is 0 Å². The van der Waals surface area contributed by atoms with Crippen LogP contribution in [0.1, 0.15) is 28.8 Å². The Bertz CT molecular complexity index is 594. The molecule has 0 spiro atoms. The molecule has 23 heavy (non-hydrogen) atoms. The Balaban J connectivity index is 1.88. The minimum absolute atomic E-state index is 0.0567. The number of morpholine rings is 1. The maximum atomic E-state index is 12.9. The number of piperidine rings is 1. The minimum atomic E-state index is -4.55. The molecule has 0 aromatic carbocycles. The predicted octanol–water partition coefficient (Wildman–Crippen LogP) is 2.06. The predicted molar refractivity (Wildman–Crippen MR) is 74.4 cm³/mol. The summed E-state index contributed by atoms with van der Waals surface area (Å²) in [5.74, 6) is -0.767. The summed E-state index contributed by atoms with van der Waals surface area (Å²) in [6.07, 6.45) is -2.79. The lowest BCUT2D eigenvalue weighted by molar-refractivity contribution is -0.137. The molecular weight excluding hydrogens is 313 g/mol. The molecule has 1 N–H and O–H groups in total. The number of pyridine rings is 1. The summed E-state index contributed by atoms with van der Waals surface area (Å²) in [5, 5.41) is 3.35. The number of nitrogens with one attached hydrogen (secondary N) is 1. The quantitative estimate of drug-likeness (QED) is 0.860. The second-order valence-electron chi connectivity index (χ2n) is 5.91. The van der Waals surface area contributed by atoms with Gasteiger partial charge >= 0.3 is 6.18 Å². The van der Waals surface area contributed by atoms with Crippen LogP contribution in [0.2, 0.25) is 0 Å². The van der Waals surface area contributed by atoms with E-state index in [1.807, 2.05) is 0 Å². The van der Waals surface area contributed by atoms with E-state index in [9.17, 15) is 18.0 Å². The molecule has 2 saturated heterocycles. The number of hydrogen-bond acceptors (Lipinski definition) is 5. The Morgan fingerprint density at radius 3 is 2.57 bits per heavy atom. The molecule has 0 radical (unpaired) electrons. The van der Waals surface area contributed by atoms with E-state index in [4.69, 9.17) is 9.47 Å². The molecule has 2 unspecified atom stereocenters. The highest BCUT2D eigenvalue weighted by atomic mass is 19.4. The number of rotatable bonds is 3. The zero-order valence-electron chi connectivity index (χ0n) is 12.5. The number of fused-ring (bicyclic) bond motifs is 2. The first-order valence-corrected chi connectivity index (χ1v) is 7.37. The fourth-order valence-electron chi connectivity index (χ4n) is 3.22. The van der Waals surface area contributed by atoms with Crippen molar-refractivity contribution in [3.8, 4) is 5.88 Å². The smallest absolute Gasteiger partial charge is 0.417 e. The number of halogens is 3. The van der Waals surface area contributed by atoms with Gasteiger partial charge < -0.3 is 14.8 Å². The van der Waals surface area contributed by atoms with Gasteiger partial charge in [0.15, 0.2) is 5.78 Å². The van der Waals surface area contributed by atoms with Gasteiger partial charge in [0.1, 0.15) is 0 Å². The van der Waals surface area contributed by atoms with Gasteiger partial charge in [-0.3, -0.25) is 4.79 Å². The van der Waals surface area contributed by atoms with Crippen LogP contribution in [-0.4, -0.2) is 43.2 Å². The third kappa shape index (κ3) is 3.32. The lowest BCUT2D eigenvalue weighted by Crippen LogP contribution is -2.55. The molecular formula is C15H17F3N2O3. The molecule has 1 aromatic heterocycles. The molecule has 0 aliphatic carbocycles. The monoisotopic (exact) mass is 330 g/mol. The second-order valence-corrected chi connectivity index (χ2v) is 5.91. The van der Waals surface area contributed by atoms with Crippen molar-refractivity contribution in [2.45, 2.75) is 31.1 Å². The van der Waals surface area contributed by atoms with Gasteiger partial charge in [-0.2, -0.15) is 13.2 Å². The van der Waals surface area contributed by atoms with Gasteiger partial charge in [0, 0.05) is 24.2 Å². The van der Waals surface area contributed by atoms with Crippen molar-refractivity contribution in [2.75, 3.05) is 20.3 Å². The van der Waals surface area contributed by atoms with Crippen LogP contribution < -0.4 is 10.1 Å². The summed E-state index contributed by atoms with van der Waals surface area (Å²) < 4.78 is 49.0. The Morgan fingerprint density at radius 1 is 1.35 bits per heavy atom. The highest BCUT2D eigenvalue weighted by Crippen LogP contribution is 2.34. The Kier molecular flexibility index (Phi) is 4.29. The number of methoxy groups -OCH3 is 1. The lowest BCUT2D eigenvalue weighted by Gasteiger charge is -2.39. The maximum absolute atomic E-state index is 12.9. The standard InChI is InChI=1S/C15H17F3N2O3/c1-22-14-12(4-9(5-19-14)15(16,17)18)13(21)8-2-10-6-23-7-11(3-8)20-10/h4-5,8,10-11,20H,2-3,6-7H2,1H3. The zero-order chi connectivity index (χ0) is 16.6. The maximum Gasteiger partial charge on any atom is 0.417 e. The van der Waals surface area contributed by atoms with Gasteiger partial charge in [-0.25, -0.2) is 4.98 Å². The van der Waals surface area contributed by atoms with Crippen molar-refractivity contribution >= 4 is 5.78 Å². The number of hydrogen-bond donors (Lipinski definition) is 1. The molecule has 8 heteroatoms.